The smallest absolute Gasteiger partial charge is 0.232 e. The molecule has 1 atom stereocenters. The minimum atomic E-state index is -0.802. The average molecular weight is 439 g/mol. The summed E-state index contributed by atoms with van der Waals surface area (Å²) in [5, 5.41) is 5.24. The molecule has 0 saturated carbocycles. The van der Waals surface area contributed by atoms with Crippen molar-refractivity contribution in [2.24, 2.45) is 5.41 Å². The summed E-state index contributed by atoms with van der Waals surface area (Å²) in [4.78, 5) is 18.1. The molecule has 1 N–H and O–H groups in total. The van der Waals surface area contributed by atoms with Gasteiger partial charge in [-0.05, 0) is 45.8 Å². The lowest BCUT2D eigenvalue weighted by molar-refractivity contribution is -0.124. The molecule has 25 heavy (non-hydrogen) atoms. The molecule has 3 rings (SSSR count). The average Bonchev–Trinajstić information content (AvgIpc) is 3.19. The first-order chi connectivity index (χ1) is 11.9. The molecule has 1 aromatic carbocycles. The Kier molecular flexibility index (Phi) is 5.36. The highest BCUT2D eigenvalue weighted by Crippen LogP contribution is 2.45. The number of benzene rings is 1. The fraction of sp³-hybridized carbons (Fsp3) is 0.222. The molecule has 0 bridgehead atoms. The second-order valence-corrected chi connectivity index (χ2v) is 9.53. The molecule has 0 aliphatic rings. The van der Waals surface area contributed by atoms with Crippen LogP contribution in [0, 0.1) is 11.2 Å². The van der Waals surface area contributed by atoms with E-state index in [1.54, 1.807) is 23.6 Å². The Hall–Kier alpha value is -1.57. The molecule has 2 aromatic heterocycles. The monoisotopic (exact) mass is 438 g/mol. The third-order valence-electron chi connectivity index (χ3n) is 4.02. The van der Waals surface area contributed by atoms with E-state index in [9.17, 15) is 9.18 Å². The normalized spacial score (nSPS) is 12.8. The second kappa shape index (κ2) is 7.35. The van der Waals surface area contributed by atoms with Crippen LogP contribution in [0.4, 0.5) is 9.52 Å². The van der Waals surface area contributed by atoms with Crippen molar-refractivity contribution in [3.05, 3.63) is 68.0 Å². The van der Waals surface area contributed by atoms with Crippen molar-refractivity contribution in [3.63, 3.8) is 0 Å². The highest BCUT2D eigenvalue weighted by atomic mass is 79.9. The molecule has 0 fully saturated rings. The van der Waals surface area contributed by atoms with Crippen molar-refractivity contribution in [1.29, 1.82) is 0 Å². The summed E-state index contributed by atoms with van der Waals surface area (Å²) >= 11 is 6.39. The topological polar surface area (TPSA) is 42.0 Å². The van der Waals surface area contributed by atoms with Crippen LogP contribution in [0.5, 0.6) is 0 Å². The number of thiazole rings is 1. The first-order valence-electron chi connectivity index (χ1n) is 7.59. The molecule has 0 aliphatic heterocycles. The molecular formula is C18H16BrFN2OS2. The quantitative estimate of drug-likeness (QED) is 0.538. The van der Waals surface area contributed by atoms with E-state index in [0.29, 0.717) is 5.13 Å². The Labute approximate surface area is 162 Å². The summed E-state index contributed by atoms with van der Waals surface area (Å²) < 4.78 is 14.8. The molecule has 0 radical (unpaired) electrons. The van der Waals surface area contributed by atoms with Gasteiger partial charge in [0.15, 0.2) is 5.13 Å². The number of rotatable bonds is 5. The van der Waals surface area contributed by atoms with Crippen molar-refractivity contribution >= 4 is 49.6 Å². The van der Waals surface area contributed by atoms with E-state index >= 15 is 0 Å². The number of halogens is 2. The predicted octanol–water partition coefficient (Wildman–Crippen LogP) is 5.90. The third-order valence-corrected chi connectivity index (χ3v) is 6.40. The van der Waals surface area contributed by atoms with Crippen molar-refractivity contribution < 1.29 is 9.18 Å². The number of carbonyl (C=O) groups excluding carboxylic acids is 1. The summed E-state index contributed by atoms with van der Waals surface area (Å²) in [6.45, 7) is 3.75. The molecule has 1 unspecified atom stereocenters. The van der Waals surface area contributed by atoms with Crippen LogP contribution in [0.3, 0.4) is 0 Å². The van der Waals surface area contributed by atoms with Crippen molar-refractivity contribution in [1.82, 2.24) is 4.98 Å². The van der Waals surface area contributed by atoms with Crippen LogP contribution in [-0.2, 0) is 4.79 Å². The van der Waals surface area contributed by atoms with Gasteiger partial charge in [-0.2, -0.15) is 0 Å². The van der Waals surface area contributed by atoms with Gasteiger partial charge in [-0.25, -0.2) is 9.37 Å². The van der Waals surface area contributed by atoms with Gasteiger partial charge < -0.3 is 5.32 Å². The van der Waals surface area contributed by atoms with Gasteiger partial charge >= 0.3 is 0 Å². The highest BCUT2D eigenvalue weighted by molar-refractivity contribution is 9.11. The summed E-state index contributed by atoms with van der Waals surface area (Å²) in [5.41, 5.74) is -0.0299. The van der Waals surface area contributed by atoms with Crippen LogP contribution in [0.2, 0.25) is 0 Å². The zero-order chi connectivity index (χ0) is 18.0. The fourth-order valence-corrected chi connectivity index (χ4v) is 5.04. The van der Waals surface area contributed by atoms with Crippen LogP contribution < -0.4 is 5.32 Å². The van der Waals surface area contributed by atoms with Crippen LogP contribution >= 0.6 is 38.6 Å². The Bertz CT molecular complexity index is 877. The summed E-state index contributed by atoms with van der Waals surface area (Å²) in [7, 11) is 0. The van der Waals surface area contributed by atoms with E-state index in [0.717, 1.165) is 14.2 Å². The zero-order valence-corrected chi connectivity index (χ0v) is 16.8. The standard InChI is InChI=1S/C18H16BrFN2OS2/c1-18(2,16(23)22-17-21-8-9-24-17)15(13-6-7-14(19)25-13)11-4-3-5-12(20)10-11/h3-10,15H,1-2H3,(H,21,22,23). The van der Waals surface area contributed by atoms with Gasteiger partial charge in [0, 0.05) is 22.4 Å². The lowest BCUT2D eigenvalue weighted by Gasteiger charge is -2.32. The van der Waals surface area contributed by atoms with Gasteiger partial charge in [0.25, 0.3) is 0 Å². The molecule has 0 saturated heterocycles. The van der Waals surface area contributed by atoms with Gasteiger partial charge in [-0.1, -0.05) is 26.0 Å². The number of nitrogens with one attached hydrogen (secondary N) is 1. The Balaban J connectivity index is 2.02. The number of thiophene rings is 1. The number of hydrogen-bond donors (Lipinski definition) is 1. The molecule has 3 nitrogen and oxygen atoms in total. The Morgan fingerprint density at radius 3 is 2.72 bits per heavy atom. The third kappa shape index (κ3) is 3.99. The van der Waals surface area contributed by atoms with E-state index in [1.165, 1.54) is 23.5 Å². The highest BCUT2D eigenvalue weighted by Gasteiger charge is 2.40. The number of hydrogen-bond acceptors (Lipinski definition) is 4. The largest absolute Gasteiger partial charge is 0.301 e. The molecule has 130 valence electrons. The molecule has 7 heteroatoms. The van der Waals surface area contributed by atoms with E-state index < -0.39 is 5.41 Å². The zero-order valence-electron chi connectivity index (χ0n) is 13.6. The van der Waals surface area contributed by atoms with E-state index in [1.807, 2.05) is 37.4 Å². The van der Waals surface area contributed by atoms with Crippen molar-refractivity contribution in [2.75, 3.05) is 5.32 Å². The van der Waals surface area contributed by atoms with Gasteiger partial charge in [0.2, 0.25) is 5.91 Å². The van der Waals surface area contributed by atoms with Gasteiger partial charge in [0.1, 0.15) is 5.82 Å². The number of amides is 1. The Morgan fingerprint density at radius 1 is 1.32 bits per heavy atom. The van der Waals surface area contributed by atoms with Crippen LogP contribution in [-0.4, -0.2) is 10.9 Å². The first-order valence-corrected chi connectivity index (χ1v) is 10.1. The molecule has 0 aliphatic carbocycles. The lowest BCUT2D eigenvalue weighted by atomic mass is 9.73. The maximum absolute atomic E-state index is 13.8. The summed E-state index contributed by atoms with van der Waals surface area (Å²) in [6, 6.07) is 10.4. The summed E-state index contributed by atoms with van der Waals surface area (Å²) in [6.07, 6.45) is 1.65. The minimum Gasteiger partial charge on any atom is -0.301 e. The number of anilines is 1. The molecule has 1 amide bonds. The maximum atomic E-state index is 13.8. The Morgan fingerprint density at radius 2 is 2.12 bits per heavy atom. The van der Waals surface area contributed by atoms with Gasteiger partial charge in [-0.3, -0.25) is 4.79 Å². The molecular weight excluding hydrogens is 423 g/mol. The fourth-order valence-electron chi connectivity index (χ4n) is 2.78. The SMILES string of the molecule is CC(C)(C(=O)Nc1nccs1)C(c1cccc(F)c1)c1ccc(Br)s1. The van der Waals surface area contributed by atoms with Gasteiger partial charge in [-0.15, -0.1) is 22.7 Å². The van der Waals surface area contributed by atoms with Gasteiger partial charge in [0.05, 0.1) is 9.20 Å². The van der Waals surface area contributed by atoms with E-state index in [2.05, 4.69) is 26.2 Å². The lowest BCUT2D eigenvalue weighted by Crippen LogP contribution is -2.36. The van der Waals surface area contributed by atoms with Crippen LogP contribution in [0.1, 0.15) is 30.2 Å². The number of carbonyl (C=O) groups is 1. The predicted molar refractivity (Wildman–Crippen MR) is 105 cm³/mol. The minimum absolute atomic E-state index is 0.152. The maximum Gasteiger partial charge on any atom is 0.232 e. The number of nitrogens with zero attached hydrogens (tertiary/aromatic N) is 1. The first kappa shape index (κ1) is 18.2. The van der Waals surface area contributed by atoms with Crippen molar-refractivity contribution in [3.8, 4) is 0 Å². The van der Waals surface area contributed by atoms with E-state index in [4.69, 9.17) is 0 Å². The molecule has 2 heterocycles. The number of aromatic nitrogens is 1. The van der Waals surface area contributed by atoms with Crippen LogP contribution in [0.25, 0.3) is 0 Å². The molecule has 3 aromatic rings. The van der Waals surface area contributed by atoms with Crippen molar-refractivity contribution in [2.45, 2.75) is 19.8 Å². The second-order valence-electron chi connectivity index (χ2n) is 6.14. The molecule has 0 spiro atoms. The van der Waals surface area contributed by atoms with E-state index in [-0.39, 0.29) is 17.6 Å². The van der Waals surface area contributed by atoms with Crippen LogP contribution in [0.15, 0.2) is 51.8 Å². The summed E-state index contributed by atoms with van der Waals surface area (Å²) in [5.74, 6) is -0.741.